The minimum absolute atomic E-state index is 0.156. The Labute approximate surface area is 136 Å². The van der Waals surface area contributed by atoms with E-state index in [1.807, 2.05) is 24.3 Å². The van der Waals surface area contributed by atoms with E-state index in [1.54, 1.807) is 30.5 Å². The minimum atomic E-state index is -0.317. The quantitative estimate of drug-likeness (QED) is 0.650. The maximum absolute atomic E-state index is 11.9. The van der Waals surface area contributed by atoms with Gasteiger partial charge in [0.05, 0.1) is 6.21 Å². The highest BCUT2D eigenvalue weighted by molar-refractivity contribution is 9.10. The molecule has 0 saturated heterocycles. The van der Waals surface area contributed by atoms with Gasteiger partial charge in [0.2, 0.25) is 5.91 Å². The third-order valence-corrected chi connectivity index (χ3v) is 3.25. The van der Waals surface area contributed by atoms with Crippen LogP contribution in [0.2, 0.25) is 0 Å². The normalized spacial score (nSPS) is 10.5. The lowest BCUT2D eigenvalue weighted by molar-refractivity contribution is -0.114. The molecule has 0 unspecified atom stereocenters. The molecular formula is C16H14BrN3O2. The van der Waals surface area contributed by atoms with Crippen molar-refractivity contribution < 1.29 is 9.59 Å². The van der Waals surface area contributed by atoms with Crippen molar-refractivity contribution in [1.29, 1.82) is 0 Å². The second kappa shape index (κ2) is 7.51. The van der Waals surface area contributed by atoms with Crippen LogP contribution in [-0.2, 0) is 4.79 Å². The van der Waals surface area contributed by atoms with E-state index < -0.39 is 0 Å². The molecule has 0 aliphatic carbocycles. The largest absolute Gasteiger partial charge is 0.326 e. The fraction of sp³-hybridized carbons (Fsp3) is 0.0625. The van der Waals surface area contributed by atoms with Gasteiger partial charge in [-0.15, -0.1) is 0 Å². The Bertz CT molecular complexity index is 694. The summed E-state index contributed by atoms with van der Waals surface area (Å²) in [4.78, 5) is 22.8. The number of nitrogens with zero attached hydrogens (tertiary/aromatic N) is 1. The molecule has 0 aliphatic rings. The highest BCUT2D eigenvalue weighted by Crippen LogP contribution is 2.10. The van der Waals surface area contributed by atoms with Gasteiger partial charge >= 0.3 is 0 Å². The number of anilines is 1. The first-order valence-corrected chi connectivity index (χ1v) is 7.30. The number of nitrogens with one attached hydrogen (secondary N) is 2. The fourth-order valence-electron chi connectivity index (χ4n) is 1.69. The highest BCUT2D eigenvalue weighted by Gasteiger charge is 2.04. The molecule has 0 fully saturated rings. The second-order valence-electron chi connectivity index (χ2n) is 4.51. The lowest BCUT2D eigenvalue weighted by Gasteiger charge is -2.03. The van der Waals surface area contributed by atoms with E-state index in [1.165, 1.54) is 6.92 Å². The van der Waals surface area contributed by atoms with E-state index in [2.05, 4.69) is 31.8 Å². The van der Waals surface area contributed by atoms with E-state index in [0.29, 0.717) is 11.3 Å². The van der Waals surface area contributed by atoms with Gasteiger partial charge in [-0.2, -0.15) is 5.10 Å². The molecule has 0 radical (unpaired) electrons. The van der Waals surface area contributed by atoms with Crippen LogP contribution in [-0.4, -0.2) is 18.0 Å². The number of carbonyl (C=O) groups is 2. The smallest absolute Gasteiger partial charge is 0.271 e. The lowest BCUT2D eigenvalue weighted by atomic mass is 10.2. The van der Waals surface area contributed by atoms with Crippen LogP contribution in [0.5, 0.6) is 0 Å². The van der Waals surface area contributed by atoms with Gasteiger partial charge in [0.25, 0.3) is 5.91 Å². The first-order chi connectivity index (χ1) is 10.5. The van der Waals surface area contributed by atoms with E-state index in [4.69, 9.17) is 0 Å². The Morgan fingerprint density at radius 2 is 1.68 bits per heavy atom. The molecular weight excluding hydrogens is 346 g/mol. The van der Waals surface area contributed by atoms with Crippen LogP contribution in [0.3, 0.4) is 0 Å². The van der Waals surface area contributed by atoms with Crippen LogP contribution in [0.25, 0.3) is 0 Å². The van der Waals surface area contributed by atoms with Gasteiger partial charge in [0, 0.05) is 22.6 Å². The number of rotatable bonds is 4. The van der Waals surface area contributed by atoms with Crippen molar-refractivity contribution >= 4 is 39.6 Å². The van der Waals surface area contributed by atoms with Crippen molar-refractivity contribution in [2.24, 2.45) is 5.10 Å². The standard InChI is InChI=1S/C16H14BrN3O2/c1-11(21)19-15-8-4-13(5-9-15)16(22)20-18-10-12-2-6-14(17)7-3-12/h2-10H,1H3,(H,19,21)(H,20,22). The molecule has 22 heavy (non-hydrogen) atoms. The van der Waals surface area contributed by atoms with Crippen molar-refractivity contribution in [2.75, 3.05) is 5.32 Å². The minimum Gasteiger partial charge on any atom is -0.326 e. The lowest BCUT2D eigenvalue weighted by Crippen LogP contribution is -2.17. The average Bonchev–Trinajstić information content (AvgIpc) is 2.49. The molecule has 2 rings (SSSR count). The van der Waals surface area contributed by atoms with E-state index in [9.17, 15) is 9.59 Å². The van der Waals surface area contributed by atoms with Crippen LogP contribution in [0.4, 0.5) is 5.69 Å². The third-order valence-electron chi connectivity index (χ3n) is 2.72. The molecule has 0 heterocycles. The summed E-state index contributed by atoms with van der Waals surface area (Å²) in [6, 6.07) is 14.1. The molecule has 2 N–H and O–H groups in total. The molecule has 2 amide bonds. The molecule has 0 aromatic heterocycles. The van der Waals surface area contributed by atoms with Crippen LogP contribution >= 0.6 is 15.9 Å². The van der Waals surface area contributed by atoms with Crippen LogP contribution in [0.1, 0.15) is 22.8 Å². The monoisotopic (exact) mass is 359 g/mol. The van der Waals surface area contributed by atoms with Crippen LogP contribution in [0, 0.1) is 0 Å². The zero-order chi connectivity index (χ0) is 15.9. The summed E-state index contributed by atoms with van der Waals surface area (Å²) < 4.78 is 0.980. The van der Waals surface area contributed by atoms with E-state index in [-0.39, 0.29) is 11.8 Å². The number of halogens is 1. The third kappa shape index (κ3) is 4.82. The van der Waals surface area contributed by atoms with Crippen molar-refractivity contribution in [3.05, 3.63) is 64.1 Å². The number of hydrogen-bond acceptors (Lipinski definition) is 3. The Balaban J connectivity index is 1.94. The SMILES string of the molecule is CC(=O)Nc1ccc(C(=O)NN=Cc2ccc(Br)cc2)cc1. The molecule has 0 bridgehead atoms. The number of carbonyl (C=O) groups excluding carboxylic acids is 2. The molecule has 0 atom stereocenters. The highest BCUT2D eigenvalue weighted by atomic mass is 79.9. The summed E-state index contributed by atoms with van der Waals surface area (Å²) in [5, 5.41) is 6.54. The average molecular weight is 360 g/mol. The van der Waals surface area contributed by atoms with E-state index >= 15 is 0 Å². The Kier molecular flexibility index (Phi) is 5.43. The van der Waals surface area contributed by atoms with Crippen LogP contribution in [0.15, 0.2) is 58.1 Å². The molecule has 2 aromatic rings. The number of amides is 2. The van der Waals surface area contributed by atoms with Crippen molar-refractivity contribution in [3.8, 4) is 0 Å². The zero-order valence-electron chi connectivity index (χ0n) is 11.8. The molecule has 0 spiro atoms. The molecule has 6 heteroatoms. The number of hydrazone groups is 1. The van der Waals surface area contributed by atoms with Crippen molar-refractivity contribution in [3.63, 3.8) is 0 Å². The molecule has 5 nitrogen and oxygen atoms in total. The Morgan fingerprint density at radius 3 is 2.27 bits per heavy atom. The topological polar surface area (TPSA) is 70.6 Å². The second-order valence-corrected chi connectivity index (χ2v) is 5.42. The van der Waals surface area contributed by atoms with Gasteiger partial charge in [-0.1, -0.05) is 28.1 Å². The van der Waals surface area contributed by atoms with Crippen molar-refractivity contribution in [1.82, 2.24) is 5.43 Å². The van der Waals surface area contributed by atoms with Gasteiger partial charge in [-0.25, -0.2) is 5.43 Å². The predicted molar refractivity (Wildman–Crippen MR) is 89.9 cm³/mol. The van der Waals surface area contributed by atoms with Crippen LogP contribution < -0.4 is 10.7 Å². The van der Waals surface area contributed by atoms with Gasteiger partial charge in [0.1, 0.15) is 0 Å². The predicted octanol–water partition coefficient (Wildman–Crippen LogP) is 3.17. The molecule has 0 saturated carbocycles. The first-order valence-electron chi connectivity index (χ1n) is 6.51. The Morgan fingerprint density at radius 1 is 1.05 bits per heavy atom. The summed E-state index contributed by atoms with van der Waals surface area (Å²) in [6.07, 6.45) is 1.57. The van der Waals surface area contributed by atoms with Gasteiger partial charge in [-0.3, -0.25) is 9.59 Å². The number of hydrogen-bond donors (Lipinski definition) is 2. The fourth-order valence-corrected chi connectivity index (χ4v) is 1.95. The van der Waals surface area contributed by atoms with E-state index in [0.717, 1.165) is 10.0 Å². The summed E-state index contributed by atoms with van der Waals surface area (Å²) >= 11 is 3.35. The summed E-state index contributed by atoms with van der Waals surface area (Å²) in [5.41, 5.74) is 4.43. The van der Waals surface area contributed by atoms with Gasteiger partial charge in [0.15, 0.2) is 0 Å². The van der Waals surface area contributed by atoms with Crippen molar-refractivity contribution in [2.45, 2.75) is 6.92 Å². The molecule has 0 aliphatic heterocycles. The number of benzene rings is 2. The zero-order valence-corrected chi connectivity index (χ0v) is 13.4. The first kappa shape index (κ1) is 15.9. The van der Waals surface area contributed by atoms with Gasteiger partial charge in [-0.05, 0) is 42.0 Å². The molecule has 2 aromatic carbocycles. The summed E-state index contributed by atoms with van der Waals surface area (Å²) in [6.45, 7) is 1.43. The Hall–Kier alpha value is -2.47. The summed E-state index contributed by atoms with van der Waals surface area (Å²) in [5.74, 6) is -0.473. The maximum atomic E-state index is 11.9. The van der Waals surface area contributed by atoms with Gasteiger partial charge < -0.3 is 5.32 Å². The summed E-state index contributed by atoms with van der Waals surface area (Å²) in [7, 11) is 0. The maximum Gasteiger partial charge on any atom is 0.271 e. The molecule has 112 valence electrons.